The maximum Gasteiger partial charge on any atom is 0.263 e. The van der Waals surface area contributed by atoms with Gasteiger partial charge in [0.2, 0.25) is 0 Å². The van der Waals surface area contributed by atoms with Gasteiger partial charge in [0, 0.05) is 23.1 Å². The fourth-order valence-electron chi connectivity index (χ4n) is 2.16. The molecule has 0 aliphatic carbocycles. The van der Waals surface area contributed by atoms with E-state index in [0.717, 1.165) is 38.0 Å². The summed E-state index contributed by atoms with van der Waals surface area (Å²) in [6.07, 6.45) is 1.36. The molecule has 4 nitrogen and oxygen atoms in total. The van der Waals surface area contributed by atoms with Gasteiger partial charge < -0.3 is 0 Å². The van der Waals surface area contributed by atoms with E-state index in [0.29, 0.717) is 6.42 Å². The Bertz CT molecular complexity index is 753. The molecule has 0 saturated carbocycles. The number of thiophene rings is 1. The lowest BCUT2D eigenvalue weighted by Crippen LogP contribution is -2.25. The quantitative estimate of drug-likeness (QED) is 0.473. The van der Waals surface area contributed by atoms with Crippen LogP contribution < -0.4 is 5.56 Å². The number of nitrogens with zero attached hydrogens (tertiary/aromatic N) is 3. The van der Waals surface area contributed by atoms with Crippen LogP contribution in [0.3, 0.4) is 0 Å². The average molecular weight is 321 g/mol. The second kappa shape index (κ2) is 6.63. The molecular weight excluding hydrogens is 302 g/mol. The second-order valence-electron chi connectivity index (χ2n) is 5.24. The van der Waals surface area contributed by atoms with Crippen molar-refractivity contribution in [3.05, 3.63) is 20.8 Å². The van der Waals surface area contributed by atoms with Gasteiger partial charge in [-0.1, -0.05) is 11.8 Å². The van der Waals surface area contributed by atoms with Gasteiger partial charge in [-0.25, -0.2) is 4.98 Å². The molecule has 21 heavy (non-hydrogen) atoms. The zero-order valence-corrected chi connectivity index (χ0v) is 14.4. The number of nitriles is 1. The molecule has 112 valence electrons. The van der Waals surface area contributed by atoms with Gasteiger partial charge in [0.25, 0.3) is 5.56 Å². The molecule has 0 bridgehead atoms. The summed E-state index contributed by atoms with van der Waals surface area (Å²) in [6.45, 7) is 8.02. The van der Waals surface area contributed by atoms with Crippen molar-refractivity contribution in [3.8, 4) is 6.07 Å². The topological polar surface area (TPSA) is 58.7 Å². The first-order valence-electron chi connectivity index (χ1n) is 6.99. The highest BCUT2D eigenvalue weighted by Gasteiger charge is 2.18. The Balaban J connectivity index is 2.51. The minimum Gasteiger partial charge on any atom is -0.284 e. The van der Waals surface area contributed by atoms with E-state index in [4.69, 9.17) is 10.2 Å². The largest absolute Gasteiger partial charge is 0.284 e. The van der Waals surface area contributed by atoms with Crippen LogP contribution in [-0.2, 0) is 0 Å². The van der Waals surface area contributed by atoms with E-state index in [-0.39, 0.29) is 11.6 Å². The Morgan fingerprint density at radius 1 is 1.43 bits per heavy atom. The van der Waals surface area contributed by atoms with Crippen LogP contribution in [0.25, 0.3) is 10.2 Å². The first-order chi connectivity index (χ1) is 9.97. The van der Waals surface area contributed by atoms with Crippen molar-refractivity contribution in [1.82, 2.24) is 9.55 Å². The Hall–Kier alpha value is -1.32. The minimum absolute atomic E-state index is 0.0552. The van der Waals surface area contributed by atoms with Gasteiger partial charge in [0.1, 0.15) is 4.83 Å². The van der Waals surface area contributed by atoms with Crippen LogP contribution in [0, 0.1) is 25.2 Å². The van der Waals surface area contributed by atoms with Gasteiger partial charge in [0.05, 0.1) is 11.5 Å². The summed E-state index contributed by atoms with van der Waals surface area (Å²) in [7, 11) is 0. The highest BCUT2D eigenvalue weighted by molar-refractivity contribution is 7.99. The lowest BCUT2D eigenvalue weighted by molar-refractivity contribution is 0.519. The maximum atomic E-state index is 12.8. The molecule has 0 spiro atoms. The van der Waals surface area contributed by atoms with Crippen molar-refractivity contribution >= 4 is 33.3 Å². The number of hydrogen-bond donors (Lipinski definition) is 0. The van der Waals surface area contributed by atoms with Crippen molar-refractivity contribution < 1.29 is 0 Å². The minimum atomic E-state index is 0.0552. The van der Waals surface area contributed by atoms with Crippen LogP contribution in [0.2, 0.25) is 0 Å². The molecule has 2 aromatic heterocycles. The summed E-state index contributed by atoms with van der Waals surface area (Å²) in [5.41, 5.74) is 1.10. The van der Waals surface area contributed by atoms with Gasteiger partial charge in [-0.3, -0.25) is 9.36 Å². The Kier molecular flexibility index (Phi) is 5.07. The van der Waals surface area contributed by atoms with Crippen molar-refractivity contribution in [2.45, 2.75) is 51.7 Å². The number of rotatable bonds is 5. The van der Waals surface area contributed by atoms with E-state index in [1.165, 1.54) is 0 Å². The molecule has 0 unspecified atom stereocenters. The second-order valence-corrected chi connectivity index (χ2v) is 7.50. The summed E-state index contributed by atoms with van der Waals surface area (Å²) < 4.78 is 1.78. The van der Waals surface area contributed by atoms with Crippen LogP contribution in [0.1, 0.15) is 43.2 Å². The standard InChI is InChI=1S/C15H19N3OS2/c1-9(2)18-14(19)12-10(3)11(4)21-13(12)17-15(18)20-8-6-5-7-16/h9H,5-6,8H2,1-4H3. The lowest BCUT2D eigenvalue weighted by Gasteiger charge is -2.15. The maximum absolute atomic E-state index is 12.8. The van der Waals surface area contributed by atoms with Gasteiger partial charge in [-0.2, -0.15) is 5.26 Å². The van der Waals surface area contributed by atoms with E-state index in [1.54, 1.807) is 27.7 Å². The first-order valence-corrected chi connectivity index (χ1v) is 8.79. The molecule has 0 N–H and O–H groups in total. The molecule has 2 heterocycles. The molecule has 6 heteroatoms. The monoisotopic (exact) mass is 321 g/mol. The molecule has 0 radical (unpaired) electrons. The number of hydrogen-bond acceptors (Lipinski definition) is 5. The van der Waals surface area contributed by atoms with Crippen LogP contribution in [-0.4, -0.2) is 15.3 Å². The highest BCUT2D eigenvalue weighted by Crippen LogP contribution is 2.29. The molecule has 0 aromatic carbocycles. The van der Waals surface area contributed by atoms with E-state index in [2.05, 4.69) is 6.07 Å². The molecule has 0 fully saturated rings. The third-order valence-corrected chi connectivity index (χ3v) is 5.52. The predicted octanol–water partition coefficient (Wildman–Crippen LogP) is 4.05. The van der Waals surface area contributed by atoms with Crippen LogP contribution >= 0.6 is 23.1 Å². The third kappa shape index (κ3) is 3.14. The molecule has 2 rings (SSSR count). The number of thioether (sulfide) groups is 1. The molecule has 0 aliphatic rings. The SMILES string of the molecule is Cc1sc2nc(SCCCC#N)n(C(C)C)c(=O)c2c1C. The number of unbranched alkanes of at least 4 members (excludes halogenated alkanes) is 1. The van der Waals surface area contributed by atoms with Crippen LogP contribution in [0.4, 0.5) is 0 Å². The predicted molar refractivity (Wildman–Crippen MR) is 89.3 cm³/mol. The van der Waals surface area contributed by atoms with E-state index in [9.17, 15) is 4.79 Å². The number of fused-ring (bicyclic) bond motifs is 1. The molecule has 2 aromatic rings. The number of aromatic nitrogens is 2. The summed E-state index contributed by atoms with van der Waals surface area (Å²) in [6, 6.07) is 2.22. The van der Waals surface area contributed by atoms with E-state index in [1.807, 2.05) is 27.7 Å². The average Bonchev–Trinajstić information content (AvgIpc) is 2.70. The Morgan fingerprint density at radius 3 is 2.76 bits per heavy atom. The van der Waals surface area contributed by atoms with Crippen LogP contribution in [0.15, 0.2) is 9.95 Å². The Morgan fingerprint density at radius 2 is 2.14 bits per heavy atom. The molecule has 0 aliphatic heterocycles. The third-order valence-electron chi connectivity index (χ3n) is 3.38. The van der Waals surface area contributed by atoms with Crippen molar-refractivity contribution in [3.63, 3.8) is 0 Å². The Labute approximate surface area is 132 Å². The van der Waals surface area contributed by atoms with Gasteiger partial charge >= 0.3 is 0 Å². The fraction of sp³-hybridized carbons (Fsp3) is 0.533. The molecule has 0 atom stereocenters. The fourth-order valence-corrected chi connectivity index (χ4v) is 4.30. The first kappa shape index (κ1) is 16.1. The highest BCUT2D eigenvalue weighted by atomic mass is 32.2. The zero-order valence-electron chi connectivity index (χ0n) is 12.8. The summed E-state index contributed by atoms with van der Waals surface area (Å²) in [5.74, 6) is 0.807. The van der Waals surface area contributed by atoms with Gasteiger partial charge in [-0.15, -0.1) is 11.3 Å². The van der Waals surface area contributed by atoms with Crippen molar-refractivity contribution in [2.75, 3.05) is 5.75 Å². The molecule has 0 amide bonds. The summed E-state index contributed by atoms with van der Waals surface area (Å²) in [4.78, 5) is 19.5. The van der Waals surface area contributed by atoms with E-state index < -0.39 is 0 Å². The van der Waals surface area contributed by atoms with Gasteiger partial charge in [0.15, 0.2) is 5.16 Å². The molecule has 0 saturated heterocycles. The summed E-state index contributed by atoms with van der Waals surface area (Å²) >= 11 is 3.15. The smallest absolute Gasteiger partial charge is 0.263 e. The van der Waals surface area contributed by atoms with Crippen molar-refractivity contribution in [1.29, 1.82) is 5.26 Å². The zero-order chi connectivity index (χ0) is 15.6. The van der Waals surface area contributed by atoms with Gasteiger partial charge in [-0.05, 0) is 39.7 Å². The van der Waals surface area contributed by atoms with E-state index >= 15 is 0 Å². The molecular formula is C15H19N3OS2. The number of aryl methyl sites for hydroxylation is 2. The summed E-state index contributed by atoms with van der Waals surface area (Å²) in [5, 5.41) is 10.1. The van der Waals surface area contributed by atoms with Crippen molar-refractivity contribution in [2.24, 2.45) is 0 Å². The lowest BCUT2D eigenvalue weighted by atomic mass is 10.2. The van der Waals surface area contributed by atoms with Crippen LogP contribution in [0.5, 0.6) is 0 Å². The normalized spacial score (nSPS) is 11.2.